The van der Waals surface area contributed by atoms with Gasteiger partial charge in [0.25, 0.3) is 11.7 Å². The van der Waals surface area contributed by atoms with Crippen LogP contribution in [-0.4, -0.2) is 52.2 Å². The normalized spacial score (nSPS) is 18.4. The van der Waals surface area contributed by atoms with Crippen molar-refractivity contribution in [3.05, 3.63) is 46.3 Å². The molecule has 154 valence electrons. The summed E-state index contributed by atoms with van der Waals surface area (Å²) in [5, 5.41) is 15.4. The fourth-order valence-electron chi connectivity index (χ4n) is 3.72. The van der Waals surface area contributed by atoms with Gasteiger partial charge in [-0.05, 0) is 38.5 Å². The van der Waals surface area contributed by atoms with Gasteiger partial charge in [-0.25, -0.2) is 0 Å². The third kappa shape index (κ3) is 3.24. The molecule has 1 fully saturated rings. The first-order valence-corrected chi connectivity index (χ1v) is 9.28. The Labute approximate surface area is 169 Å². The number of likely N-dealkylation sites (tertiary alicyclic amines) is 1. The quantitative estimate of drug-likeness (QED) is 0.472. The summed E-state index contributed by atoms with van der Waals surface area (Å²) in [6, 6.07) is 4.46. The molecule has 0 spiro atoms. The second kappa shape index (κ2) is 7.62. The number of methoxy groups -OCH3 is 1. The van der Waals surface area contributed by atoms with Crippen molar-refractivity contribution in [2.24, 2.45) is 7.05 Å². The molecule has 1 N–H and O–H groups in total. The van der Waals surface area contributed by atoms with Gasteiger partial charge in [-0.2, -0.15) is 5.10 Å². The number of nitrogens with zero attached hydrogens (tertiary/aromatic N) is 3. The monoisotopic (exact) mass is 399 g/mol. The van der Waals surface area contributed by atoms with Crippen LogP contribution in [0.5, 0.6) is 11.5 Å². The fourth-order valence-corrected chi connectivity index (χ4v) is 3.72. The van der Waals surface area contributed by atoms with Crippen molar-refractivity contribution in [2.45, 2.75) is 26.8 Å². The number of Topliss-reactive ketones (excluding diaryl/α,β-unsaturated/α-hetero) is 1. The molecule has 0 bridgehead atoms. The van der Waals surface area contributed by atoms with Crippen molar-refractivity contribution in [1.29, 1.82) is 0 Å². The summed E-state index contributed by atoms with van der Waals surface area (Å²) in [5.41, 5.74) is 2.40. The number of carbonyl (C=O) groups is 2. The summed E-state index contributed by atoms with van der Waals surface area (Å²) in [5.74, 6) is -0.592. The molecule has 3 rings (SSSR count). The highest BCUT2D eigenvalue weighted by Gasteiger charge is 2.45. The van der Waals surface area contributed by atoms with Gasteiger partial charge in [-0.3, -0.25) is 14.3 Å². The van der Waals surface area contributed by atoms with Crippen molar-refractivity contribution in [1.82, 2.24) is 14.7 Å². The van der Waals surface area contributed by atoms with Crippen LogP contribution in [0.1, 0.15) is 35.5 Å². The van der Waals surface area contributed by atoms with Crippen LogP contribution in [0.25, 0.3) is 5.76 Å². The Morgan fingerprint density at radius 3 is 2.45 bits per heavy atom. The van der Waals surface area contributed by atoms with Crippen molar-refractivity contribution >= 4 is 17.4 Å². The van der Waals surface area contributed by atoms with Gasteiger partial charge in [-0.1, -0.05) is 6.07 Å². The Morgan fingerprint density at radius 2 is 1.90 bits per heavy atom. The fraction of sp³-hybridized carbons (Fsp3) is 0.381. The van der Waals surface area contributed by atoms with E-state index in [1.807, 2.05) is 6.92 Å². The second-order valence-electron chi connectivity index (χ2n) is 6.92. The first-order valence-electron chi connectivity index (χ1n) is 9.28. The summed E-state index contributed by atoms with van der Waals surface area (Å²) >= 11 is 0. The average Bonchev–Trinajstić information content (AvgIpc) is 3.08. The third-order valence-electron chi connectivity index (χ3n) is 5.22. The van der Waals surface area contributed by atoms with Gasteiger partial charge in [0, 0.05) is 19.8 Å². The van der Waals surface area contributed by atoms with Crippen molar-refractivity contribution in [3.63, 3.8) is 0 Å². The minimum atomic E-state index is -0.751. The lowest BCUT2D eigenvalue weighted by Gasteiger charge is -2.22. The summed E-state index contributed by atoms with van der Waals surface area (Å²) in [6.45, 7) is 5.89. The van der Waals surface area contributed by atoms with Crippen LogP contribution in [0.2, 0.25) is 0 Å². The van der Waals surface area contributed by atoms with E-state index in [0.717, 1.165) is 0 Å². The molecule has 2 aromatic rings. The number of aliphatic hydroxyl groups excluding tert-OH is 1. The lowest BCUT2D eigenvalue weighted by Crippen LogP contribution is -2.24. The maximum Gasteiger partial charge on any atom is 0.295 e. The summed E-state index contributed by atoms with van der Waals surface area (Å²) < 4.78 is 12.6. The smallest absolute Gasteiger partial charge is 0.295 e. The molecule has 1 atom stereocenters. The lowest BCUT2D eigenvalue weighted by atomic mass is 9.94. The maximum atomic E-state index is 12.8. The first-order chi connectivity index (χ1) is 13.7. The van der Waals surface area contributed by atoms with E-state index < -0.39 is 17.7 Å². The number of hydrogen-bond donors (Lipinski definition) is 1. The topological polar surface area (TPSA) is 93.9 Å². The predicted molar refractivity (Wildman–Crippen MR) is 107 cm³/mol. The van der Waals surface area contributed by atoms with E-state index in [9.17, 15) is 14.7 Å². The molecule has 1 aliphatic heterocycles. The zero-order chi connectivity index (χ0) is 21.5. The van der Waals surface area contributed by atoms with Crippen LogP contribution in [-0.2, 0) is 16.6 Å². The Balaban J connectivity index is 2.21. The van der Waals surface area contributed by atoms with E-state index in [1.165, 1.54) is 19.1 Å². The molecule has 0 saturated carbocycles. The minimum Gasteiger partial charge on any atom is -0.507 e. The number of aryl methyl sites for hydroxylation is 2. The summed E-state index contributed by atoms with van der Waals surface area (Å²) in [6.07, 6.45) is 0. The van der Waals surface area contributed by atoms with Gasteiger partial charge in [0.2, 0.25) is 0 Å². The zero-order valence-electron chi connectivity index (χ0n) is 17.4. The SMILES string of the molecule is CCOc1ccc(C2/C(=C(\O)c3c(C)nn(C)c3C)C(=O)C(=O)N2C)cc1OC. The number of aromatic nitrogens is 2. The summed E-state index contributed by atoms with van der Waals surface area (Å²) in [7, 11) is 4.82. The molecule has 0 radical (unpaired) electrons. The lowest BCUT2D eigenvalue weighted by molar-refractivity contribution is -0.139. The summed E-state index contributed by atoms with van der Waals surface area (Å²) in [4.78, 5) is 26.6. The van der Waals surface area contributed by atoms with Gasteiger partial charge in [-0.15, -0.1) is 0 Å². The first kappa shape index (κ1) is 20.4. The molecule has 1 amide bonds. The highest BCUT2D eigenvalue weighted by atomic mass is 16.5. The molecule has 8 nitrogen and oxygen atoms in total. The maximum absolute atomic E-state index is 12.8. The molecule has 8 heteroatoms. The number of rotatable bonds is 5. The Kier molecular flexibility index (Phi) is 5.37. The molecular weight excluding hydrogens is 374 g/mol. The average molecular weight is 399 g/mol. The van der Waals surface area contributed by atoms with Crippen molar-refractivity contribution < 1.29 is 24.2 Å². The third-order valence-corrected chi connectivity index (χ3v) is 5.22. The molecule has 29 heavy (non-hydrogen) atoms. The number of benzene rings is 1. The largest absolute Gasteiger partial charge is 0.507 e. The molecule has 1 saturated heterocycles. The molecule has 1 aromatic heterocycles. The van der Waals surface area contributed by atoms with E-state index in [-0.39, 0.29) is 11.3 Å². The number of aliphatic hydroxyl groups is 1. The van der Waals surface area contributed by atoms with Crippen LogP contribution in [0.4, 0.5) is 0 Å². The molecule has 1 unspecified atom stereocenters. The van der Waals surface area contributed by atoms with Crippen molar-refractivity contribution in [2.75, 3.05) is 20.8 Å². The number of ether oxygens (including phenoxy) is 2. The Hall–Kier alpha value is -3.29. The van der Waals surface area contributed by atoms with E-state index in [1.54, 1.807) is 43.8 Å². The van der Waals surface area contributed by atoms with Crippen molar-refractivity contribution in [3.8, 4) is 11.5 Å². The molecular formula is C21H25N3O5. The second-order valence-corrected chi connectivity index (χ2v) is 6.92. The van der Waals surface area contributed by atoms with Crippen LogP contribution in [0.15, 0.2) is 23.8 Å². The number of amides is 1. The van der Waals surface area contributed by atoms with Gasteiger partial charge in [0.15, 0.2) is 11.5 Å². The van der Waals surface area contributed by atoms with E-state index >= 15 is 0 Å². The van der Waals surface area contributed by atoms with Crippen LogP contribution >= 0.6 is 0 Å². The number of hydrogen-bond acceptors (Lipinski definition) is 6. The number of ketones is 1. The molecule has 2 heterocycles. The standard InChI is InChI=1S/C21H25N3O5/c1-7-29-14-9-8-13(10-15(14)28-6)18-17(20(26)21(27)23(18)4)19(25)16-11(2)22-24(5)12(16)3/h8-10,18,25H,7H2,1-6H3/b19-17+. The van der Waals surface area contributed by atoms with Crippen LogP contribution < -0.4 is 9.47 Å². The van der Waals surface area contributed by atoms with Gasteiger partial charge in [0.1, 0.15) is 5.76 Å². The highest BCUT2D eigenvalue weighted by molar-refractivity contribution is 6.46. The van der Waals surface area contributed by atoms with Crippen LogP contribution in [0.3, 0.4) is 0 Å². The predicted octanol–water partition coefficient (Wildman–Crippen LogP) is 2.50. The zero-order valence-corrected chi connectivity index (χ0v) is 17.4. The van der Waals surface area contributed by atoms with Gasteiger partial charge < -0.3 is 19.5 Å². The minimum absolute atomic E-state index is 0.0305. The number of carbonyl (C=O) groups excluding carboxylic acids is 2. The molecule has 1 aromatic carbocycles. The van der Waals surface area contributed by atoms with E-state index in [0.29, 0.717) is 40.6 Å². The Bertz CT molecular complexity index is 1020. The van der Waals surface area contributed by atoms with Gasteiger partial charge >= 0.3 is 0 Å². The van der Waals surface area contributed by atoms with Crippen LogP contribution in [0, 0.1) is 13.8 Å². The number of likely N-dealkylation sites (N-methyl/N-ethyl adjacent to an activating group) is 1. The Morgan fingerprint density at radius 1 is 1.21 bits per heavy atom. The van der Waals surface area contributed by atoms with E-state index in [2.05, 4.69) is 5.10 Å². The molecule has 1 aliphatic rings. The van der Waals surface area contributed by atoms with Gasteiger partial charge in [0.05, 0.1) is 36.6 Å². The van der Waals surface area contributed by atoms with E-state index in [4.69, 9.17) is 9.47 Å². The molecule has 0 aliphatic carbocycles. The highest BCUT2D eigenvalue weighted by Crippen LogP contribution is 2.41.